The molecule has 1 aliphatic heterocycles. The van der Waals surface area contributed by atoms with Crippen LogP contribution in [0, 0.1) is 17.1 Å². The molecule has 3 rings (SSSR count). The molecule has 0 radical (unpaired) electrons. The Labute approximate surface area is 172 Å². The van der Waals surface area contributed by atoms with E-state index in [-0.39, 0.29) is 11.6 Å². The minimum atomic E-state index is -0.449. The van der Waals surface area contributed by atoms with E-state index < -0.39 is 5.82 Å². The number of nitrogens with zero attached hydrogens (tertiary/aromatic N) is 3. The second-order valence-corrected chi connectivity index (χ2v) is 7.68. The lowest BCUT2D eigenvalue weighted by Gasteiger charge is -2.23. The molecule has 0 aliphatic carbocycles. The molecule has 0 bridgehead atoms. The predicted molar refractivity (Wildman–Crippen MR) is 112 cm³/mol. The smallest absolute Gasteiger partial charge is 0.225 e. The molecule has 0 unspecified atom stereocenters. The normalized spacial score (nSPS) is 15.0. The summed E-state index contributed by atoms with van der Waals surface area (Å²) in [5.41, 5.74) is 1.98. The van der Waals surface area contributed by atoms with E-state index in [4.69, 9.17) is 5.26 Å². The first kappa shape index (κ1) is 20.3. The molecular weight excluding hydrogens is 423 g/mol. The third kappa shape index (κ3) is 5.54. The third-order valence-corrected chi connectivity index (χ3v) is 5.30. The Morgan fingerprint density at radius 1 is 1.14 bits per heavy atom. The highest BCUT2D eigenvalue weighted by atomic mass is 79.9. The average Bonchev–Trinajstić information content (AvgIpc) is 2.94. The zero-order valence-electron chi connectivity index (χ0n) is 15.5. The van der Waals surface area contributed by atoms with Crippen molar-refractivity contribution in [1.29, 1.82) is 5.26 Å². The summed E-state index contributed by atoms with van der Waals surface area (Å²) in [5.74, 6) is -0.634. The van der Waals surface area contributed by atoms with Crippen LogP contribution in [0.3, 0.4) is 0 Å². The second-order valence-electron chi connectivity index (χ2n) is 6.76. The quantitative estimate of drug-likeness (QED) is 0.756. The molecule has 1 fully saturated rings. The molecule has 2 aromatic rings. The van der Waals surface area contributed by atoms with E-state index in [1.165, 1.54) is 6.07 Å². The lowest BCUT2D eigenvalue weighted by molar-refractivity contribution is -0.116. The molecule has 2 aromatic carbocycles. The van der Waals surface area contributed by atoms with E-state index in [2.05, 4.69) is 37.1 Å². The van der Waals surface area contributed by atoms with Crippen molar-refractivity contribution < 1.29 is 9.18 Å². The molecular formula is C21H22BrFN4O. The van der Waals surface area contributed by atoms with Crippen LogP contribution in [0.2, 0.25) is 0 Å². The Morgan fingerprint density at radius 2 is 1.93 bits per heavy atom. The number of nitriles is 1. The largest absolute Gasteiger partial charge is 0.370 e. The van der Waals surface area contributed by atoms with Crippen LogP contribution in [0.15, 0.2) is 46.9 Å². The molecule has 0 spiro atoms. The summed E-state index contributed by atoms with van der Waals surface area (Å²) in [7, 11) is 0. The van der Waals surface area contributed by atoms with Crippen molar-refractivity contribution in [2.45, 2.75) is 12.8 Å². The summed E-state index contributed by atoms with van der Waals surface area (Å²) in [4.78, 5) is 16.7. The molecule has 1 heterocycles. The van der Waals surface area contributed by atoms with Crippen molar-refractivity contribution in [3.63, 3.8) is 0 Å². The van der Waals surface area contributed by atoms with E-state index >= 15 is 0 Å². The number of anilines is 2. The maximum atomic E-state index is 13.8. The summed E-state index contributed by atoms with van der Waals surface area (Å²) in [6.45, 7) is 4.24. The van der Waals surface area contributed by atoms with Gasteiger partial charge in [-0.15, -0.1) is 0 Å². The van der Waals surface area contributed by atoms with Gasteiger partial charge in [0.1, 0.15) is 5.82 Å². The maximum Gasteiger partial charge on any atom is 0.225 e. The topological polar surface area (TPSA) is 59.4 Å². The van der Waals surface area contributed by atoms with E-state index in [0.717, 1.165) is 38.3 Å². The molecule has 0 aromatic heterocycles. The molecule has 0 atom stereocenters. The van der Waals surface area contributed by atoms with Crippen LogP contribution in [-0.4, -0.2) is 43.5 Å². The van der Waals surface area contributed by atoms with Crippen LogP contribution in [0.5, 0.6) is 0 Å². The van der Waals surface area contributed by atoms with Gasteiger partial charge in [-0.3, -0.25) is 4.79 Å². The van der Waals surface area contributed by atoms with Crippen molar-refractivity contribution in [1.82, 2.24) is 4.90 Å². The fraction of sp³-hybridized carbons (Fsp3) is 0.333. The first-order valence-electron chi connectivity index (χ1n) is 9.27. The maximum absolute atomic E-state index is 13.8. The van der Waals surface area contributed by atoms with Crippen molar-refractivity contribution in [3.8, 4) is 6.07 Å². The fourth-order valence-corrected chi connectivity index (χ4v) is 3.60. The lowest BCUT2D eigenvalue weighted by Crippen LogP contribution is -2.32. The van der Waals surface area contributed by atoms with Gasteiger partial charge in [-0.2, -0.15) is 5.26 Å². The van der Waals surface area contributed by atoms with Gasteiger partial charge in [-0.1, -0.05) is 15.9 Å². The zero-order valence-corrected chi connectivity index (χ0v) is 17.1. The second kappa shape index (κ2) is 9.67. The first-order valence-corrected chi connectivity index (χ1v) is 10.1. The highest BCUT2D eigenvalue weighted by Crippen LogP contribution is 2.20. The van der Waals surface area contributed by atoms with Crippen LogP contribution in [0.4, 0.5) is 15.8 Å². The Bertz CT molecular complexity index is 866. The van der Waals surface area contributed by atoms with Crippen LogP contribution < -0.4 is 10.2 Å². The SMILES string of the molecule is N#Cc1ccc(N2CCCN(CCC(=O)Nc3ccc(Br)cc3F)CC2)cc1. The number of carbonyl (C=O) groups is 1. The van der Waals surface area contributed by atoms with Gasteiger partial charge in [0, 0.05) is 42.8 Å². The minimum Gasteiger partial charge on any atom is -0.370 e. The summed E-state index contributed by atoms with van der Waals surface area (Å²) < 4.78 is 14.5. The number of halogens is 2. The highest BCUT2D eigenvalue weighted by molar-refractivity contribution is 9.10. The Morgan fingerprint density at radius 3 is 2.64 bits per heavy atom. The van der Waals surface area contributed by atoms with E-state index in [0.29, 0.717) is 23.0 Å². The average molecular weight is 445 g/mol. The van der Waals surface area contributed by atoms with Crippen LogP contribution in [-0.2, 0) is 4.79 Å². The molecule has 7 heteroatoms. The van der Waals surface area contributed by atoms with Crippen LogP contribution in [0.1, 0.15) is 18.4 Å². The highest BCUT2D eigenvalue weighted by Gasteiger charge is 2.16. The third-order valence-electron chi connectivity index (χ3n) is 4.81. The summed E-state index contributed by atoms with van der Waals surface area (Å²) in [6, 6.07) is 14.4. The Hall–Kier alpha value is -2.43. The molecule has 1 saturated heterocycles. The Kier molecular flexibility index (Phi) is 7.01. The number of hydrogen-bond acceptors (Lipinski definition) is 4. The summed E-state index contributed by atoms with van der Waals surface area (Å²) in [6.07, 6.45) is 1.33. The minimum absolute atomic E-state index is 0.186. The van der Waals surface area contributed by atoms with Gasteiger partial charge in [0.2, 0.25) is 5.91 Å². The van der Waals surface area contributed by atoms with Crippen LogP contribution in [0.25, 0.3) is 0 Å². The monoisotopic (exact) mass is 444 g/mol. The number of carbonyl (C=O) groups excluding carboxylic acids is 1. The zero-order chi connectivity index (χ0) is 19.9. The van der Waals surface area contributed by atoms with E-state index in [1.807, 2.05) is 24.3 Å². The van der Waals surface area contributed by atoms with Crippen molar-refractivity contribution >= 4 is 33.2 Å². The lowest BCUT2D eigenvalue weighted by atomic mass is 10.2. The predicted octanol–water partition coefficient (Wildman–Crippen LogP) is 4.00. The summed E-state index contributed by atoms with van der Waals surface area (Å²) >= 11 is 3.20. The number of hydrogen-bond donors (Lipinski definition) is 1. The van der Waals surface area contributed by atoms with E-state index in [1.54, 1.807) is 12.1 Å². The van der Waals surface area contributed by atoms with Crippen molar-refractivity contribution in [3.05, 3.63) is 58.3 Å². The van der Waals surface area contributed by atoms with Gasteiger partial charge in [0.05, 0.1) is 17.3 Å². The van der Waals surface area contributed by atoms with Gasteiger partial charge in [0.15, 0.2) is 0 Å². The van der Waals surface area contributed by atoms with Crippen molar-refractivity contribution in [2.75, 3.05) is 42.9 Å². The van der Waals surface area contributed by atoms with E-state index in [9.17, 15) is 9.18 Å². The van der Waals surface area contributed by atoms with Gasteiger partial charge in [-0.25, -0.2) is 4.39 Å². The van der Waals surface area contributed by atoms with Crippen molar-refractivity contribution in [2.24, 2.45) is 0 Å². The molecule has 1 N–H and O–H groups in total. The van der Waals surface area contributed by atoms with Gasteiger partial charge < -0.3 is 15.1 Å². The summed E-state index contributed by atoms with van der Waals surface area (Å²) in [5, 5.41) is 11.6. The number of benzene rings is 2. The Balaban J connectivity index is 1.47. The fourth-order valence-electron chi connectivity index (χ4n) is 3.26. The van der Waals surface area contributed by atoms with Gasteiger partial charge >= 0.3 is 0 Å². The molecule has 0 saturated carbocycles. The standard InChI is InChI=1S/C21H22BrFN4O/c22-17-4-7-20(19(23)14-17)25-21(28)8-11-26-9-1-10-27(13-12-26)18-5-2-16(15-24)3-6-18/h2-7,14H,1,8-13H2,(H,25,28). The number of nitrogens with one attached hydrogen (secondary N) is 1. The van der Waals surface area contributed by atoms with Crippen LogP contribution >= 0.6 is 15.9 Å². The molecule has 146 valence electrons. The molecule has 28 heavy (non-hydrogen) atoms. The number of rotatable bonds is 5. The van der Waals surface area contributed by atoms with Gasteiger partial charge in [0.25, 0.3) is 0 Å². The molecule has 1 aliphatic rings. The molecule has 5 nitrogen and oxygen atoms in total. The number of amides is 1. The van der Waals surface area contributed by atoms with Gasteiger partial charge in [-0.05, 0) is 55.4 Å². The first-order chi connectivity index (χ1) is 13.5. The molecule has 1 amide bonds.